The van der Waals surface area contributed by atoms with Crippen LogP contribution in [0.2, 0.25) is 0 Å². The first-order valence-corrected chi connectivity index (χ1v) is 11.5. The highest BCUT2D eigenvalue weighted by Gasteiger charge is 2.24. The zero-order valence-corrected chi connectivity index (χ0v) is 19.5. The number of nitro benzene ring substituents is 1. The first-order valence-electron chi connectivity index (χ1n) is 11.5. The van der Waals surface area contributed by atoms with Gasteiger partial charge in [-0.1, -0.05) is 25.8 Å². The molecule has 0 saturated heterocycles. The number of carbonyl (C=O) groups is 1. The summed E-state index contributed by atoms with van der Waals surface area (Å²) in [5.74, 6) is 1.01. The van der Waals surface area contributed by atoms with Crippen molar-refractivity contribution in [3.63, 3.8) is 0 Å². The standard InChI is InChI=1S/C26H29N3O5/c1-3-33-25-15-20(14-21(16-27)26(30)28-23-7-5-4-6-18(23)2)10-13-24(25)34-17-19-8-11-22(12-9-19)29(31)32/h8-15,18,23H,3-7,17H2,1-2H3,(H,28,30)/b21-14+/t18-,23+/m0/s1. The maximum Gasteiger partial charge on any atom is 0.269 e. The molecule has 1 saturated carbocycles. The van der Waals surface area contributed by atoms with Gasteiger partial charge in [-0.3, -0.25) is 14.9 Å². The molecular weight excluding hydrogens is 434 g/mol. The van der Waals surface area contributed by atoms with Crippen LogP contribution < -0.4 is 14.8 Å². The lowest BCUT2D eigenvalue weighted by Crippen LogP contribution is -2.41. The van der Waals surface area contributed by atoms with E-state index in [9.17, 15) is 20.2 Å². The lowest BCUT2D eigenvalue weighted by molar-refractivity contribution is -0.384. The average molecular weight is 464 g/mol. The Labute approximate surface area is 199 Å². The second-order valence-corrected chi connectivity index (χ2v) is 8.36. The Morgan fingerprint density at radius 1 is 1.18 bits per heavy atom. The van der Waals surface area contributed by atoms with Crippen LogP contribution >= 0.6 is 0 Å². The molecule has 0 radical (unpaired) electrons. The molecule has 2 aromatic rings. The van der Waals surface area contributed by atoms with Gasteiger partial charge in [-0.2, -0.15) is 5.26 Å². The molecule has 1 N–H and O–H groups in total. The van der Waals surface area contributed by atoms with Gasteiger partial charge in [-0.25, -0.2) is 0 Å². The minimum atomic E-state index is -0.449. The molecule has 0 unspecified atom stereocenters. The van der Waals surface area contributed by atoms with Crippen LogP contribution in [0.5, 0.6) is 11.5 Å². The van der Waals surface area contributed by atoms with Crippen LogP contribution in [0.25, 0.3) is 6.08 Å². The fraction of sp³-hybridized carbons (Fsp3) is 0.385. The van der Waals surface area contributed by atoms with Crippen molar-refractivity contribution in [3.8, 4) is 17.6 Å². The van der Waals surface area contributed by atoms with Crippen molar-refractivity contribution in [2.24, 2.45) is 5.92 Å². The van der Waals surface area contributed by atoms with Gasteiger partial charge < -0.3 is 14.8 Å². The van der Waals surface area contributed by atoms with Gasteiger partial charge >= 0.3 is 0 Å². The number of nitrogens with one attached hydrogen (secondary N) is 1. The molecule has 0 heterocycles. The van der Waals surface area contributed by atoms with E-state index in [1.54, 1.807) is 36.4 Å². The zero-order chi connectivity index (χ0) is 24.5. The van der Waals surface area contributed by atoms with Crippen molar-refractivity contribution in [1.29, 1.82) is 5.26 Å². The number of ether oxygens (including phenoxy) is 2. The molecule has 34 heavy (non-hydrogen) atoms. The molecule has 2 atom stereocenters. The fourth-order valence-electron chi connectivity index (χ4n) is 3.97. The van der Waals surface area contributed by atoms with Crippen LogP contribution in [0.1, 0.15) is 50.7 Å². The Balaban J connectivity index is 1.72. The van der Waals surface area contributed by atoms with Crippen molar-refractivity contribution >= 4 is 17.7 Å². The SMILES string of the molecule is CCOc1cc(/C=C(\C#N)C(=O)N[C@@H]2CCCC[C@@H]2C)ccc1OCc1ccc([N+](=O)[O-])cc1. The summed E-state index contributed by atoms with van der Waals surface area (Å²) in [4.78, 5) is 23.0. The second kappa shape index (κ2) is 11.8. The molecule has 0 aliphatic heterocycles. The average Bonchev–Trinajstić information content (AvgIpc) is 2.83. The van der Waals surface area contributed by atoms with Gasteiger partial charge in [0.15, 0.2) is 11.5 Å². The Morgan fingerprint density at radius 2 is 1.91 bits per heavy atom. The number of hydrogen-bond acceptors (Lipinski definition) is 6. The van der Waals surface area contributed by atoms with Crippen LogP contribution in [0, 0.1) is 27.4 Å². The van der Waals surface area contributed by atoms with E-state index in [1.807, 2.05) is 13.0 Å². The number of benzene rings is 2. The Kier molecular flexibility index (Phi) is 8.63. The van der Waals surface area contributed by atoms with Crippen molar-refractivity contribution in [2.45, 2.75) is 52.2 Å². The molecular formula is C26H29N3O5. The number of nitriles is 1. The lowest BCUT2D eigenvalue weighted by Gasteiger charge is -2.29. The summed E-state index contributed by atoms with van der Waals surface area (Å²) in [6, 6.07) is 13.4. The van der Waals surface area contributed by atoms with E-state index in [2.05, 4.69) is 12.2 Å². The highest BCUT2D eigenvalue weighted by Crippen LogP contribution is 2.30. The third-order valence-corrected chi connectivity index (χ3v) is 5.91. The van der Waals surface area contributed by atoms with Crippen molar-refractivity contribution in [2.75, 3.05) is 6.61 Å². The van der Waals surface area contributed by atoms with Crippen LogP contribution in [-0.2, 0) is 11.4 Å². The Hall–Kier alpha value is -3.86. The third-order valence-electron chi connectivity index (χ3n) is 5.91. The summed E-state index contributed by atoms with van der Waals surface area (Å²) in [6.45, 7) is 4.59. The molecule has 1 aliphatic rings. The van der Waals surface area contributed by atoms with E-state index in [0.29, 0.717) is 29.6 Å². The molecule has 178 valence electrons. The van der Waals surface area contributed by atoms with Crippen molar-refractivity contribution < 1.29 is 19.2 Å². The minimum Gasteiger partial charge on any atom is -0.490 e. The summed E-state index contributed by atoms with van der Waals surface area (Å²) in [5, 5.41) is 23.4. The monoisotopic (exact) mass is 463 g/mol. The molecule has 8 nitrogen and oxygen atoms in total. The van der Waals surface area contributed by atoms with Gasteiger partial charge in [0.2, 0.25) is 0 Å². The highest BCUT2D eigenvalue weighted by atomic mass is 16.6. The molecule has 1 aliphatic carbocycles. The van der Waals surface area contributed by atoms with Crippen LogP contribution in [-0.4, -0.2) is 23.5 Å². The van der Waals surface area contributed by atoms with E-state index >= 15 is 0 Å². The summed E-state index contributed by atoms with van der Waals surface area (Å²) < 4.78 is 11.6. The first kappa shape index (κ1) is 24.8. The smallest absolute Gasteiger partial charge is 0.269 e. The molecule has 8 heteroatoms. The van der Waals surface area contributed by atoms with Crippen LogP contribution in [0.4, 0.5) is 5.69 Å². The lowest BCUT2D eigenvalue weighted by atomic mass is 9.86. The highest BCUT2D eigenvalue weighted by molar-refractivity contribution is 6.01. The largest absolute Gasteiger partial charge is 0.490 e. The number of hydrogen-bond donors (Lipinski definition) is 1. The third kappa shape index (κ3) is 6.58. The van der Waals surface area contributed by atoms with E-state index in [0.717, 1.165) is 24.8 Å². The Bertz CT molecular complexity index is 1090. The molecule has 1 amide bonds. The van der Waals surface area contributed by atoms with E-state index < -0.39 is 4.92 Å². The number of carbonyl (C=O) groups excluding carboxylic acids is 1. The Morgan fingerprint density at radius 3 is 2.56 bits per heavy atom. The molecule has 3 rings (SSSR count). The predicted molar refractivity (Wildman–Crippen MR) is 128 cm³/mol. The fourth-order valence-corrected chi connectivity index (χ4v) is 3.97. The number of non-ortho nitro benzene ring substituents is 1. The van der Waals surface area contributed by atoms with Crippen molar-refractivity contribution in [3.05, 3.63) is 69.3 Å². The van der Waals surface area contributed by atoms with Gasteiger partial charge in [0.25, 0.3) is 11.6 Å². The summed E-state index contributed by atoms with van der Waals surface area (Å²) in [7, 11) is 0. The number of amides is 1. The summed E-state index contributed by atoms with van der Waals surface area (Å²) in [5.41, 5.74) is 1.48. The van der Waals surface area contributed by atoms with Gasteiger partial charge in [0.05, 0.1) is 11.5 Å². The molecule has 0 bridgehead atoms. The van der Waals surface area contributed by atoms with E-state index in [1.165, 1.54) is 18.6 Å². The number of rotatable bonds is 9. The quantitative estimate of drug-likeness (QED) is 0.237. The number of nitro groups is 1. The maximum absolute atomic E-state index is 12.7. The van der Waals surface area contributed by atoms with E-state index in [4.69, 9.17) is 9.47 Å². The topological polar surface area (TPSA) is 114 Å². The molecule has 0 aromatic heterocycles. The van der Waals surface area contributed by atoms with Gasteiger partial charge in [-0.15, -0.1) is 0 Å². The summed E-state index contributed by atoms with van der Waals surface area (Å²) >= 11 is 0. The van der Waals surface area contributed by atoms with E-state index in [-0.39, 0.29) is 29.8 Å². The molecule has 2 aromatic carbocycles. The van der Waals surface area contributed by atoms with Crippen LogP contribution in [0.15, 0.2) is 48.0 Å². The zero-order valence-electron chi connectivity index (χ0n) is 19.5. The first-order chi connectivity index (χ1) is 16.4. The molecule has 1 fully saturated rings. The summed E-state index contributed by atoms with van der Waals surface area (Å²) in [6.07, 6.45) is 5.81. The minimum absolute atomic E-state index is 0.0187. The maximum atomic E-state index is 12.7. The van der Waals surface area contributed by atoms with Gasteiger partial charge in [0, 0.05) is 18.2 Å². The van der Waals surface area contributed by atoms with Crippen LogP contribution in [0.3, 0.4) is 0 Å². The van der Waals surface area contributed by atoms with Gasteiger partial charge in [0.1, 0.15) is 18.2 Å². The normalized spacial score (nSPS) is 18.0. The second-order valence-electron chi connectivity index (χ2n) is 8.36. The van der Waals surface area contributed by atoms with Gasteiger partial charge in [-0.05, 0) is 67.2 Å². The number of nitrogens with zero attached hydrogens (tertiary/aromatic N) is 2. The molecule has 0 spiro atoms. The predicted octanol–water partition coefficient (Wildman–Crippen LogP) is 5.17. The van der Waals surface area contributed by atoms with Crippen molar-refractivity contribution in [1.82, 2.24) is 5.32 Å².